The first-order chi connectivity index (χ1) is 14.8. The topological polar surface area (TPSA) is 130 Å². The van der Waals surface area contributed by atoms with E-state index in [1.54, 1.807) is 0 Å². The van der Waals surface area contributed by atoms with Gasteiger partial charge in [0, 0.05) is 19.6 Å². The van der Waals surface area contributed by atoms with E-state index < -0.39 is 17.5 Å². The van der Waals surface area contributed by atoms with Gasteiger partial charge in [0.05, 0.1) is 6.61 Å². The number of carboxylic acids is 2. The zero-order valence-corrected chi connectivity index (χ0v) is 18.4. The molecule has 1 saturated heterocycles. The molecule has 1 aliphatic heterocycles. The fourth-order valence-electron chi connectivity index (χ4n) is 3.35. The van der Waals surface area contributed by atoms with E-state index in [1.165, 1.54) is 31.2 Å². The van der Waals surface area contributed by atoms with Crippen molar-refractivity contribution in [1.82, 2.24) is 4.90 Å². The number of esters is 1. The molecule has 0 amide bonds. The lowest BCUT2D eigenvalue weighted by atomic mass is 9.88. The number of nitrogens with zero attached hydrogens (tertiary/aromatic N) is 1. The van der Waals surface area contributed by atoms with Crippen molar-refractivity contribution in [1.29, 1.82) is 0 Å². The first kappa shape index (κ1) is 26.6. The summed E-state index contributed by atoms with van der Waals surface area (Å²) >= 11 is 0. The second-order valence-corrected chi connectivity index (χ2v) is 7.93. The monoisotopic (exact) mass is 436 g/mol. The Labute approximate surface area is 184 Å². The Kier molecular flexibility index (Phi) is 12.5. The van der Waals surface area contributed by atoms with Gasteiger partial charge in [-0.3, -0.25) is 9.69 Å². The van der Waals surface area contributed by atoms with E-state index in [1.807, 2.05) is 6.07 Å². The number of benzene rings is 1. The summed E-state index contributed by atoms with van der Waals surface area (Å²) in [6.45, 7) is 5.34. The van der Waals surface area contributed by atoms with Gasteiger partial charge >= 0.3 is 17.9 Å². The van der Waals surface area contributed by atoms with Crippen molar-refractivity contribution < 1.29 is 29.3 Å². The van der Waals surface area contributed by atoms with Crippen molar-refractivity contribution in [2.75, 3.05) is 19.7 Å². The number of nitrogens with two attached hydrogens (primary N) is 1. The Bertz CT molecular complexity index is 660. The van der Waals surface area contributed by atoms with Gasteiger partial charge in [-0.25, -0.2) is 9.59 Å². The minimum Gasteiger partial charge on any atom is -0.473 e. The molecule has 174 valence electrons. The van der Waals surface area contributed by atoms with Gasteiger partial charge < -0.3 is 20.7 Å². The number of unbranched alkanes of at least 4 members (excludes halogenated alkanes) is 5. The Morgan fingerprint density at radius 2 is 1.52 bits per heavy atom. The highest BCUT2D eigenvalue weighted by Gasteiger charge is 2.38. The number of carbonyl (C=O) groups excluding carboxylic acids is 1. The molecule has 1 aromatic rings. The molecule has 8 heteroatoms. The maximum absolute atomic E-state index is 12.4. The fourth-order valence-corrected chi connectivity index (χ4v) is 3.35. The largest absolute Gasteiger partial charge is 0.473 e. The number of piperidine rings is 1. The molecule has 0 unspecified atom stereocenters. The number of hydrogen-bond acceptors (Lipinski definition) is 6. The third kappa shape index (κ3) is 10.9. The molecule has 0 saturated carbocycles. The first-order valence-electron chi connectivity index (χ1n) is 11.0. The normalized spacial score (nSPS) is 15.4. The lowest BCUT2D eigenvalue weighted by Gasteiger charge is -2.37. The summed E-state index contributed by atoms with van der Waals surface area (Å²) in [6.07, 6.45) is 8.50. The Morgan fingerprint density at radius 3 is 2.06 bits per heavy atom. The molecule has 2 rings (SSSR count). The van der Waals surface area contributed by atoms with Crippen LogP contribution in [0.5, 0.6) is 0 Å². The van der Waals surface area contributed by atoms with Gasteiger partial charge in [0.25, 0.3) is 0 Å². The average Bonchev–Trinajstić information content (AvgIpc) is 2.76. The van der Waals surface area contributed by atoms with Crippen LogP contribution in [0, 0.1) is 0 Å². The molecule has 0 aliphatic carbocycles. The summed E-state index contributed by atoms with van der Waals surface area (Å²) in [5, 5.41) is 14.8. The van der Waals surface area contributed by atoms with Gasteiger partial charge in [-0.15, -0.1) is 0 Å². The molecule has 1 fully saturated rings. The van der Waals surface area contributed by atoms with Crippen molar-refractivity contribution in [2.45, 2.75) is 70.4 Å². The van der Waals surface area contributed by atoms with Gasteiger partial charge in [0.2, 0.25) is 0 Å². The third-order valence-corrected chi connectivity index (χ3v) is 5.32. The summed E-state index contributed by atoms with van der Waals surface area (Å²) in [5.74, 6) is -3.86. The van der Waals surface area contributed by atoms with Crippen molar-refractivity contribution in [3.63, 3.8) is 0 Å². The van der Waals surface area contributed by atoms with E-state index >= 15 is 0 Å². The number of carbonyl (C=O) groups is 3. The zero-order valence-electron chi connectivity index (χ0n) is 18.4. The smallest absolute Gasteiger partial charge is 0.414 e. The Morgan fingerprint density at radius 1 is 0.968 bits per heavy atom. The predicted molar refractivity (Wildman–Crippen MR) is 117 cm³/mol. The van der Waals surface area contributed by atoms with Crippen LogP contribution < -0.4 is 5.73 Å². The Hall–Kier alpha value is -2.45. The molecule has 0 spiro atoms. The van der Waals surface area contributed by atoms with Gasteiger partial charge in [0.15, 0.2) is 0 Å². The average molecular weight is 437 g/mol. The number of likely N-dealkylation sites (tertiary alicyclic amines) is 1. The van der Waals surface area contributed by atoms with Gasteiger partial charge in [-0.1, -0.05) is 69.4 Å². The number of carboxylic acid groups (broad SMARTS) is 2. The zero-order chi connectivity index (χ0) is 23.1. The van der Waals surface area contributed by atoms with Crippen LogP contribution in [0.2, 0.25) is 0 Å². The summed E-state index contributed by atoms with van der Waals surface area (Å²) in [6, 6.07) is 10.4. The maximum Gasteiger partial charge on any atom is 0.414 e. The molecule has 31 heavy (non-hydrogen) atoms. The number of hydrogen-bond donors (Lipinski definition) is 3. The highest BCUT2D eigenvalue weighted by atomic mass is 16.5. The lowest BCUT2D eigenvalue weighted by molar-refractivity contribution is -0.159. The van der Waals surface area contributed by atoms with Crippen molar-refractivity contribution in [3.05, 3.63) is 35.9 Å². The van der Waals surface area contributed by atoms with Gasteiger partial charge in [-0.2, -0.15) is 0 Å². The molecule has 1 heterocycles. The summed E-state index contributed by atoms with van der Waals surface area (Å²) in [4.78, 5) is 32.9. The predicted octanol–water partition coefficient (Wildman–Crippen LogP) is 3.04. The molecule has 0 radical (unpaired) electrons. The number of rotatable bonds is 10. The molecule has 0 atom stereocenters. The van der Waals surface area contributed by atoms with E-state index in [9.17, 15) is 4.79 Å². The van der Waals surface area contributed by atoms with Gasteiger partial charge in [-0.05, 0) is 24.8 Å². The molecule has 0 aromatic heterocycles. The van der Waals surface area contributed by atoms with Crippen LogP contribution in [0.1, 0.15) is 63.9 Å². The molecular formula is C23H36N2O6. The third-order valence-electron chi connectivity index (χ3n) is 5.32. The molecular weight excluding hydrogens is 400 g/mol. The molecule has 4 N–H and O–H groups in total. The van der Waals surface area contributed by atoms with E-state index in [-0.39, 0.29) is 5.97 Å². The SMILES string of the molecule is CCCCCCCCOC(=O)C1(N)CCN(Cc2ccccc2)CC1.O=C(O)C(=O)O. The lowest BCUT2D eigenvalue weighted by Crippen LogP contribution is -2.56. The van der Waals surface area contributed by atoms with Crippen LogP contribution in [0.25, 0.3) is 0 Å². The fraction of sp³-hybridized carbons (Fsp3) is 0.609. The summed E-state index contributed by atoms with van der Waals surface area (Å²) in [5.41, 5.74) is 6.84. The van der Waals surface area contributed by atoms with Gasteiger partial charge in [0.1, 0.15) is 5.54 Å². The summed E-state index contributed by atoms with van der Waals surface area (Å²) in [7, 11) is 0. The second kappa shape index (κ2) is 14.5. The van der Waals surface area contributed by atoms with Crippen molar-refractivity contribution in [2.24, 2.45) is 5.73 Å². The highest BCUT2D eigenvalue weighted by Crippen LogP contribution is 2.23. The maximum atomic E-state index is 12.4. The minimum absolute atomic E-state index is 0.208. The molecule has 1 aromatic carbocycles. The number of aliphatic carboxylic acids is 2. The summed E-state index contributed by atoms with van der Waals surface area (Å²) < 4.78 is 5.46. The quantitative estimate of drug-likeness (QED) is 0.290. The van der Waals surface area contributed by atoms with Crippen LogP contribution in [0.4, 0.5) is 0 Å². The van der Waals surface area contributed by atoms with E-state index in [0.717, 1.165) is 32.5 Å². The standard InChI is InChI=1S/C21H34N2O2.C2H2O4/c1-2-3-4-5-6-10-17-25-20(24)21(22)13-15-23(16-14-21)18-19-11-8-7-9-12-19;3-1(4)2(5)6/h7-9,11-12H,2-6,10,13-18,22H2,1H3;(H,3,4)(H,5,6). The van der Waals surface area contributed by atoms with E-state index in [4.69, 9.17) is 30.3 Å². The highest BCUT2D eigenvalue weighted by molar-refractivity contribution is 6.27. The first-order valence-corrected chi connectivity index (χ1v) is 11.0. The van der Waals surface area contributed by atoms with E-state index in [2.05, 4.69) is 36.1 Å². The van der Waals surface area contributed by atoms with Crippen LogP contribution in [0.3, 0.4) is 0 Å². The number of ether oxygens (including phenoxy) is 1. The molecule has 1 aliphatic rings. The minimum atomic E-state index is -1.82. The van der Waals surface area contributed by atoms with Crippen LogP contribution >= 0.6 is 0 Å². The molecule has 8 nitrogen and oxygen atoms in total. The van der Waals surface area contributed by atoms with Crippen LogP contribution in [-0.2, 0) is 25.7 Å². The molecule has 0 bridgehead atoms. The van der Waals surface area contributed by atoms with Crippen molar-refractivity contribution >= 4 is 17.9 Å². The Balaban J connectivity index is 0.000000703. The second-order valence-electron chi connectivity index (χ2n) is 7.93. The van der Waals surface area contributed by atoms with E-state index in [0.29, 0.717) is 19.4 Å². The van der Waals surface area contributed by atoms with Crippen LogP contribution in [0.15, 0.2) is 30.3 Å². The van der Waals surface area contributed by atoms with Crippen LogP contribution in [-0.4, -0.2) is 58.3 Å². The van der Waals surface area contributed by atoms with Crippen molar-refractivity contribution in [3.8, 4) is 0 Å².